The van der Waals surface area contributed by atoms with Crippen LogP contribution in [0.4, 0.5) is 22.7 Å². The Kier molecular flexibility index (Phi) is 9.35. The third-order valence-corrected chi connectivity index (χ3v) is 16.7. The number of nitrogens with zero attached hydrogens (tertiary/aromatic N) is 2. The van der Waals surface area contributed by atoms with Gasteiger partial charge in [-0.1, -0.05) is 157 Å². The van der Waals surface area contributed by atoms with Crippen LogP contribution < -0.4 is 20.0 Å². The Hall–Kier alpha value is -4.54. The SMILES string of the molecule is CC(C)c1cc2c3c(c1)N(C1=CC[C@@H](C)C(C(C)(C)C)C=C1)c1c(sc4cc5c(cc14)-c1ccccc1C5(C)C)B3C1CC(C(C)(C)C)=CC=C1N2c1ccc(C(C)(C)C)cc1. The smallest absolute Gasteiger partial charge is 0.239 e. The van der Waals surface area contributed by atoms with Crippen LogP contribution in [-0.4, -0.2) is 6.71 Å². The van der Waals surface area contributed by atoms with E-state index in [-0.39, 0.29) is 34.2 Å². The van der Waals surface area contributed by atoms with Crippen molar-refractivity contribution in [2.45, 2.75) is 132 Å². The molecule has 0 saturated heterocycles. The minimum Gasteiger partial charge on any atom is -0.315 e. The molecule has 2 aliphatic heterocycles. The van der Waals surface area contributed by atoms with E-state index in [4.69, 9.17) is 0 Å². The molecule has 4 aromatic carbocycles. The van der Waals surface area contributed by atoms with Crippen molar-refractivity contribution in [3.8, 4) is 11.1 Å². The molecule has 0 fully saturated rings. The number of allylic oxidation sites excluding steroid dienone is 7. The first-order valence-electron chi connectivity index (χ1n) is 23.5. The molecule has 3 atom stereocenters. The number of hydrogen-bond acceptors (Lipinski definition) is 3. The highest BCUT2D eigenvalue weighted by Crippen LogP contribution is 2.57. The summed E-state index contributed by atoms with van der Waals surface area (Å²) in [7, 11) is 0. The van der Waals surface area contributed by atoms with Crippen LogP contribution in [0.5, 0.6) is 0 Å². The van der Waals surface area contributed by atoms with Gasteiger partial charge in [-0.15, -0.1) is 11.3 Å². The molecule has 0 spiro atoms. The van der Waals surface area contributed by atoms with E-state index >= 15 is 0 Å². The van der Waals surface area contributed by atoms with Gasteiger partial charge in [-0.25, -0.2) is 0 Å². The number of thiophene rings is 1. The van der Waals surface area contributed by atoms with Crippen LogP contribution in [0.1, 0.15) is 138 Å². The molecule has 62 heavy (non-hydrogen) atoms. The zero-order valence-corrected chi connectivity index (χ0v) is 40.7. The molecule has 318 valence electrons. The van der Waals surface area contributed by atoms with Crippen LogP contribution in [0.25, 0.3) is 21.2 Å². The first-order valence-corrected chi connectivity index (χ1v) is 24.3. The second kappa shape index (κ2) is 14.0. The Bertz CT molecular complexity index is 2780. The fraction of sp³-hybridized carbons (Fsp3) is 0.414. The Balaban J connectivity index is 1.30. The van der Waals surface area contributed by atoms with Crippen molar-refractivity contribution >= 4 is 61.1 Å². The van der Waals surface area contributed by atoms with Gasteiger partial charge in [0.05, 0.1) is 5.69 Å². The molecule has 5 aliphatic rings. The van der Waals surface area contributed by atoms with Crippen molar-refractivity contribution in [3.63, 3.8) is 0 Å². The molecule has 0 amide bonds. The van der Waals surface area contributed by atoms with E-state index in [1.165, 1.54) is 93.4 Å². The van der Waals surface area contributed by atoms with E-state index in [1.807, 2.05) is 0 Å². The van der Waals surface area contributed by atoms with Gasteiger partial charge < -0.3 is 9.80 Å². The van der Waals surface area contributed by atoms with Crippen LogP contribution in [0.2, 0.25) is 5.82 Å². The minimum atomic E-state index is -0.0587. The Morgan fingerprint density at radius 2 is 1.47 bits per heavy atom. The first kappa shape index (κ1) is 41.5. The summed E-state index contributed by atoms with van der Waals surface area (Å²) in [5.74, 6) is 1.67. The summed E-state index contributed by atoms with van der Waals surface area (Å²) in [5.41, 5.74) is 19.9. The summed E-state index contributed by atoms with van der Waals surface area (Å²) in [5, 5.41) is 1.39. The van der Waals surface area contributed by atoms with E-state index in [0.717, 1.165) is 12.8 Å². The molecular formula is C58H67BN2S. The lowest BCUT2D eigenvalue weighted by Gasteiger charge is -2.49. The number of rotatable bonds is 3. The summed E-state index contributed by atoms with van der Waals surface area (Å²) < 4.78 is 2.93. The van der Waals surface area contributed by atoms with Crippen molar-refractivity contribution in [2.75, 3.05) is 9.80 Å². The molecule has 2 nitrogen and oxygen atoms in total. The summed E-state index contributed by atoms with van der Waals surface area (Å²) in [6.07, 6.45) is 14.7. The van der Waals surface area contributed by atoms with E-state index < -0.39 is 0 Å². The highest BCUT2D eigenvalue weighted by atomic mass is 32.1. The van der Waals surface area contributed by atoms with Gasteiger partial charge in [0.2, 0.25) is 6.71 Å². The largest absolute Gasteiger partial charge is 0.315 e. The van der Waals surface area contributed by atoms with Gasteiger partial charge in [0.25, 0.3) is 0 Å². The summed E-state index contributed by atoms with van der Waals surface area (Å²) in [6.45, 7) is 33.7. The van der Waals surface area contributed by atoms with E-state index in [9.17, 15) is 0 Å². The molecule has 1 aromatic heterocycles. The molecule has 0 N–H and O–H groups in total. The summed E-state index contributed by atoms with van der Waals surface area (Å²) in [6, 6.07) is 29.0. The highest BCUT2D eigenvalue weighted by molar-refractivity contribution is 7.32. The van der Waals surface area contributed by atoms with E-state index in [1.54, 1.807) is 0 Å². The minimum absolute atomic E-state index is 0.0587. The second-order valence-electron chi connectivity index (χ2n) is 23.4. The van der Waals surface area contributed by atoms with Crippen LogP contribution in [-0.2, 0) is 10.8 Å². The fourth-order valence-electron chi connectivity index (χ4n) is 11.9. The lowest BCUT2D eigenvalue weighted by atomic mass is 9.31. The van der Waals surface area contributed by atoms with Gasteiger partial charge in [0, 0.05) is 48.7 Å². The zero-order valence-electron chi connectivity index (χ0n) is 39.9. The monoisotopic (exact) mass is 835 g/mol. The average Bonchev–Trinajstić information content (AvgIpc) is 3.58. The quantitative estimate of drug-likeness (QED) is 0.167. The predicted octanol–water partition coefficient (Wildman–Crippen LogP) is 15.6. The molecule has 5 aromatic rings. The standard InChI is InChI=1S/C58H67BN2S/c1-34(2)36-29-49-52-50(30-36)61(40-23-19-35(3)44(27-26-40)57(10,11)12)53-43-32-42-41-17-15-16-18-45(41)58(13,14)46(42)33-51(43)62-54(53)59(52)47-31-38(56(7,8)9)22-28-48(47)60(49)39-24-20-37(21-25-39)55(4,5)6/h15-18,20-30,32-35,44,47H,19,31H2,1-14H3/t35-,44?,47?/m1/s1. The van der Waals surface area contributed by atoms with Gasteiger partial charge in [-0.05, 0) is 140 Å². The zero-order chi connectivity index (χ0) is 44.0. The van der Waals surface area contributed by atoms with Gasteiger partial charge in [0.1, 0.15) is 0 Å². The lowest BCUT2D eigenvalue weighted by Crippen LogP contribution is -2.58. The topological polar surface area (TPSA) is 6.48 Å². The highest BCUT2D eigenvalue weighted by Gasteiger charge is 2.51. The van der Waals surface area contributed by atoms with Crippen LogP contribution in [0.3, 0.4) is 0 Å². The third-order valence-electron chi connectivity index (χ3n) is 15.5. The van der Waals surface area contributed by atoms with Gasteiger partial charge in [-0.2, -0.15) is 0 Å². The Morgan fingerprint density at radius 3 is 2.13 bits per heavy atom. The number of anilines is 4. The van der Waals surface area contributed by atoms with Gasteiger partial charge in [0.15, 0.2) is 0 Å². The molecule has 0 saturated carbocycles. The van der Waals surface area contributed by atoms with E-state index in [0.29, 0.717) is 17.8 Å². The molecule has 3 heterocycles. The molecule has 10 rings (SSSR count). The predicted molar refractivity (Wildman–Crippen MR) is 272 cm³/mol. The van der Waals surface area contributed by atoms with Crippen molar-refractivity contribution < 1.29 is 0 Å². The van der Waals surface area contributed by atoms with Crippen molar-refractivity contribution in [1.82, 2.24) is 0 Å². The van der Waals surface area contributed by atoms with Crippen molar-refractivity contribution in [3.05, 3.63) is 142 Å². The molecule has 4 heteroatoms. The molecule has 0 radical (unpaired) electrons. The molecule has 3 aliphatic carbocycles. The normalized spacial score (nSPS) is 21.5. The first-order chi connectivity index (χ1) is 29.1. The Morgan fingerprint density at radius 1 is 0.774 bits per heavy atom. The number of fused-ring (bicyclic) bond motifs is 9. The molecule has 2 unspecified atom stereocenters. The van der Waals surface area contributed by atoms with Crippen molar-refractivity contribution in [2.24, 2.45) is 22.7 Å². The average molecular weight is 835 g/mol. The van der Waals surface area contributed by atoms with Crippen LogP contribution >= 0.6 is 11.3 Å². The van der Waals surface area contributed by atoms with Crippen molar-refractivity contribution in [1.29, 1.82) is 0 Å². The maximum Gasteiger partial charge on any atom is 0.239 e. The maximum absolute atomic E-state index is 2.75. The second-order valence-corrected chi connectivity index (χ2v) is 24.5. The summed E-state index contributed by atoms with van der Waals surface area (Å²) in [4.78, 5) is 5.43. The Labute approximate surface area is 377 Å². The number of hydrogen-bond donors (Lipinski definition) is 0. The van der Waals surface area contributed by atoms with Gasteiger partial charge >= 0.3 is 0 Å². The van der Waals surface area contributed by atoms with Crippen LogP contribution in [0.15, 0.2) is 120 Å². The van der Waals surface area contributed by atoms with Crippen LogP contribution in [0, 0.1) is 22.7 Å². The van der Waals surface area contributed by atoms with Gasteiger partial charge in [-0.3, -0.25) is 0 Å². The van der Waals surface area contributed by atoms with E-state index in [2.05, 4.69) is 221 Å². The molecule has 0 bridgehead atoms. The maximum atomic E-state index is 2.75. The fourth-order valence-corrected chi connectivity index (χ4v) is 13.3. The number of benzene rings is 4. The lowest BCUT2D eigenvalue weighted by molar-refractivity contribution is 0.220. The summed E-state index contributed by atoms with van der Waals surface area (Å²) >= 11 is 2.08. The molecular weight excluding hydrogens is 768 g/mol. The third kappa shape index (κ3) is 6.31.